The fourth-order valence-corrected chi connectivity index (χ4v) is 7.73. The summed E-state index contributed by atoms with van der Waals surface area (Å²) in [6.45, 7) is -0.448. The molecule has 14 nitrogen and oxygen atoms in total. The summed E-state index contributed by atoms with van der Waals surface area (Å²) in [6, 6.07) is 19.2. The molecule has 0 radical (unpaired) electrons. The molecule has 5 heterocycles. The first-order valence-electron chi connectivity index (χ1n) is 14.4. The van der Waals surface area contributed by atoms with Crippen molar-refractivity contribution < 1.29 is 41.7 Å². The van der Waals surface area contributed by atoms with Crippen molar-refractivity contribution in [3.63, 3.8) is 0 Å². The second-order valence-electron chi connectivity index (χ2n) is 11.1. The van der Waals surface area contributed by atoms with E-state index in [2.05, 4.69) is 14.8 Å². The Labute approximate surface area is 261 Å². The highest BCUT2D eigenvalue weighted by molar-refractivity contribution is 7.91. The Morgan fingerprint density at radius 1 is 1.02 bits per heavy atom. The Hall–Kier alpha value is -5.57. The molecule has 0 bridgehead atoms. The smallest absolute Gasteiger partial charge is 0.415 e. The molecule has 5 aromatic rings. The molecular weight excluding hydrogens is 618 g/mol. The van der Waals surface area contributed by atoms with Gasteiger partial charge in [-0.1, -0.05) is 42.5 Å². The van der Waals surface area contributed by atoms with Gasteiger partial charge in [-0.05, 0) is 46.4 Å². The number of H-pyrrole nitrogens is 1. The van der Waals surface area contributed by atoms with Gasteiger partial charge in [-0.3, -0.25) is 14.2 Å². The molecule has 0 aliphatic carbocycles. The highest BCUT2D eigenvalue weighted by atomic mass is 32.2. The van der Waals surface area contributed by atoms with Crippen molar-refractivity contribution >= 4 is 32.6 Å². The number of hydrogen-bond acceptors (Lipinski definition) is 10. The Kier molecular flexibility index (Phi) is 6.39. The summed E-state index contributed by atoms with van der Waals surface area (Å²) in [6.07, 6.45) is 0.293. The van der Waals surface area contributed by atoms with Crippen molar-refractivity contribution in [1.29, 1.82) is 0 Å². The van der Waals surface area contributed by atoms with E-state index in [0.717, 1.165) is 27.7 Å². The van der Waals surface area contributed by atoms with Gasteiger partial charge in [-0.15, -0.1) is 0 Å². The first-order valence-corrected chi connectivity index (χ1v) is 15.9. The SMILES string of the molecule is O=C1[C@H]2Cc3c([nH]c4ccccc34)[C@@H](c3ccc4c(c3)OCO4)N2C(=O)CN1CCOc1no[n+]([O-])c1S(=O)(=O)c1ccccc1. The Balaban J connectivity index is 1.07. The highest BCUT2D eigenvalue weighted by Crippen LogP contribution is 2.45. The summed E-state index contributed by atoms with van der Waals surface area (Å²) in [5.74, 6) is 0.0614. The number of piperazine rings is 1. The molecule has 3 aliphatic heterocycles. The average molecular weight is 644 g/mol. The molecule has 0 unspecified atom stereocenters. The van der Waals surface area contributed by atoms with Crippen LogP contribution in [0.25, 0.3) is 10.9 Å². The van der Waals surface area contributed by atoms with Gasteiger partial charge in [0.25, 0.3) is 9.84 Å². The lowest BCUT2D eigenvalue weighted by Crippen LogP contribution is -2.63. The van der Waals surface area contributed by atoms with Crippen molar-refractivity contribution in [3.05, 3.63) is 94.8 Å². The van der Waals surface area contributed by atoms with E-state index in [1.807, 2.05) is 36.4 Å². The second-order valence-corrected chi connectivity index (χ2v) is 12.9. The molecular formula is C31H25N5O9S. The Morgan fingerprint density at radius 3 is 2.65 bits per heavy atom. The Morgan fingerprint density at radius 2 is 1.80 bits per heavy atom. The van der Waals surface area contributed by atoms with Crippen molar-refractivity contribution in [2.24, 2.45) is 0 Å². The van der Waals surface area contributed by atoms with Gasteiger partial charge in [0.1, 0.15) is 12.6 Å². The maximum atomic E-state index is 14.0. The minimum atomic E-state index is -4.32. The zero-order valence-electron chi connectivity index (χ0n) is 24.0. The molecule has 0 saturated carbocycles. The minimum absolute atomic E-state index is 0.0686. The van der Waals surface area contributed by atoms with Crippen LogP contribution in [0.4, 0.5) is 0 Å². The largest absolute Gasteiger partial charge is 0.454 e. The van der Waals surface area contributed by atoms with Crippen molar-refractivity contribution in [2.75, 3.05) is 26.5 Å². The van der Waals surface area contributed by atoms with E-state index in [4.69, 9.17) is 14.2 Å². The monoisotopic (exact) mass is 643 g/mol. The Bertz CT molecular complexity index is 2130. The van der Waals surface area contributed by atoms with Gasteiger partial charge in [0, 0.05) is 23.0 Å². The third-order valence-electron chi connectivity index (χ3n) is 8.51. The van der Waals surface area contributed by atoms with Gasteiger partial charge in [0.15, 0.2) is 11.5 Å². The second kappa shape index (κ2) is 10.5. The van der Waals surface area contributed by atoms with Crippen LogP contribution in [0.3, 0.4) is 0 Å². The first-order chi connectivity index (χ1) is 22.3. The standard InChI is InChI=1S/C31H25N5O9S/c37-26-16-34(12-13-42-29-31(36(39)45-33-29)46(40,41)19-6-2-1-3-7-19)30(38)23-15-21-20-8-4-5-9-22(20)32-27(21)28(35(23)26)18-10-11-24-25(14-18)44-17-43-24/h1-11,14,23,28,32H,12-13,15-17H2/t23-,28-/m1/s1. The lowest BCUT2D eigenvalue weighted by molar-refractivity contribution is -0.832. The highest BCUT2D eigenvalue weighted by Gasteiger charge is 2.48. The van der Waals surface area contributed by atoms with E-state index in [-0.39, 0.29) is 48.1 Å². The van der Waals surface area contributed by atoms with E-state index < -0.39 is 32.8 Å². The van der Waals surface area contributed by atoms with Gasteiger partial charge in [0.2, 0.25) is 18.6 Å². The number of fused-ring (bicyclic) bond motifs is 5. The zero-order valence-corrected chi connectivity index (χ0v) is 24.8. The summed E-state index contributed by atoms with van der Waals surface area (Å²) in [5.41, 5.74) is 3.44. The van der Waals surface area contributed by atoms with Gasteiger partial charge in [0.05, 0.1) is 29.2 Å². The summed E-state index contributed by atoms with van der Waals surface area (Å²) in [7, 11) is -4.32. The number of amides is 2. The normalized spacial score (nSPS) is 19.0. The molecule has 3 aliphatic rings. The van der Waals surface area contributed by atoms with Crippen molar-refractivity contribution in [1.82, 2.24) is 19.9 Å². The minimum Gasteiger partial charge on any atom is -0.454 e. The number of aromatic nitrogens is 3. The molecule has 0 spiro atoms. The van der Waals surface area contributed by atoms with Gasteiger partial charge in [-0.2, -0.15) is 0 Å². The van der Waals surface area contributed by atoms with Crippen LogP contribution in [0.5, 0.6) is 17.4 Å². The lowest BCUT2D eigenvalue weighted by Gasteiger charge is -2.47. The number of rotatable bonds is 7. The summed E-state index contributed by atoms with van der Waals surface area (Å²) >= 11 is 0. The topological polar surface area (TPSA) is 171 Å². The quantitative estimate of drug-likeness (QED) is 0.259. The van der Waals surface area contributed by atoms with E-state index >= 15 is 0 Å². The van der Waals surface area contributed by atoms with Crippen LogP contribution in [0.2, 0.25) is 0 Å². The number of carbonyl (C=O) groups excluding carboxylic acids is 2. The first kappa shape index (κ1) is 27.9. The van der Waals surface area contributed by atoms with Crippen LogP contribution in [0, 0.1) is 5.21 Å². The summed E-state index contributed by atoms with van der Waals surface area (Å²) in [5, 5.41) is 15.9. The molecule has 3 aromatic carbocycles. The number of sulfone groups is 1. The van der Waals surface area contributed by atoms with E-state index in [1.165, 1.54) is 29.2 Å². The summed E-state index contributed by atoms with van der Waals surface area (Å²) < 4.78 is 47.4. The molecule has 2 aromatic heterocycles. The molecule has 234 valence electrons. The molecule has 2 atom stereocenters. The van der Waals surface area contributed by atoms with Crippen LogP contribution in [-0.2, 0) is 25.8 Å². The molecule has 2 amide bonds. The number of aromatic amines is 1. The van der Waals surface area contributed by atoms with Gasteiger partial charge < -0.3 is 34.2 Å². The number of nitrogens with zero attached hydrogens (tertiary/aromatic N) is 4. The lowest BCUT2D eigenvalue weighted by atomic mass is 9.86. The third-order valence-corrected chi connectivity index (χ3v) is 10.2. The third kappa shape index (κ3) is 4.34. The molecule has 8 rings (SSSR count). The molecule has 15 heteroatoms. The number of hydrogen-bond donors (Lipinski definition) is 1. The predicted octanol–water partition coefficient (Wildman–Crippen LogP) is 2.11. The number of ether oxygens (including phenoxy) is 3. The maximum absolute atomic E-state index is 14.0. The number of benzene rings is 3. The van der Waals surface area contributed by atoms with Gasteiger partial charge >= 0.3 is 10.9 Å². The number of nitrogens with one attached hydrogen (secondary N) is 1. The summed E-state index contributed by atoms with van der Waals surface area (Å²) in [4.78, 5) is 34.0. The van der Waals surface area contributed by atoms with E-state index in [9.17, 15) is 23.2 Å². The van der Waals surface area contributed by atoms with Crippen LogP contribution in [-0.4, -0.2) is 72.7 Å². The van der Waals surface area contributed by atoms with Crippen LogP contribution in [0.1, 0.15) is 22.9 Å². The zero-order chi connectivity index (χ0) is 31.6. The predicted molar refractivity (Wildman–Crippen MR) is 156 cm³/mol. The fraction of sp³-hybridized carbons (Fsp3) is 0.226. The van der Waals surface area contributed by atoms with Crippen LogP contribution >= 0.6 is 0 Å². The molecule has 1 fully saturated rings. The van der Waals surface area contributed by atoms with Crippen molar-refractivity contribution in [3.8, 4) is 17.4 Å². The molecule has 1 saturated heterocycles. The molecule has 46 heavy (non-hydrogen) atoms. The van der Waals surface area contributed by atoms with E-state index in [1.54, 1.807) is 17.0 Å². The van der Waals surface area contributed by atoms with Gasteiger partial charge in [-0.25, -0.2) is 8.42 Å². The van der Waals surface area contributed by atoms with Crippen LogP contribution in [0.15, 0.2) is 87.3 Å². The molecule has 1 N–H and O–H groups in total. The van der Waals surface area contributed by atoms with E-state index in [0.29, 0.717) is 17.9 Å². The fourth-order valence-electron chi connectivity index (χ4n) is 6.44. The number of para-hydroxylation sites is 1. The maximum Gasteiger partial charge on any atom is 0.415 e. The average Bonchev–Trinajstić information content (AvgIpc) is 3.79. The van der Waals surface area contributed by atoms with Crippen molar-refractivity contribution in [2.45, 2.75) is 28.4 Å². The van der Waals surface area contributed by atoms with Crippen LogP contribution < -0.4 is 19.1 Å². The number of carbonyl (C=O) groups is 2.